The van der Waals surface area contributed by atoms with E-state index in [1.54, 1.807) is 7.11 Å². The Labute approximate surface area is 92.4 Å². The van der Waals surface area contributed by atoms with Crippen molar-refractivity contribution in [1.82, 2.24) is 0 Å². The minimum atomic E-state index is 0.539. The highest BCUT2D eigenvalue weighted by atomic mass is 16.5. The van der Waals surface area contributed by atoms with E-state index in [4.69, 9.17) is 10.5 Å². The van der Waals surface area contributed by atoms with Crippen molar-refractivity contribution in [3.8, 4) is 5.75 Å². The highest BCUT2D eigenvalue weighted by Gasteiger charge is 2.09. The molecule has 0 saturated carbocycles. The topological polar surface area (TPSA) is 35.2 Å². The zero-order valence-electron chi connectivity index (χ0n) is 9.92. The molecule has 0 aliphatic carbocycles. The van der Waals surface area contributed by atoms with Crippen LogP contribution in [0.25, 0.3) is 0 Å². The molecule has 0 aliphatic heterocycles. The van der Waals surface area contributed by atoms with Crippen LogP contribution in [0.5, 0.6) is 5.75 Å². The molecule has 0 heterocycles. The van der Waals surface area contributed by atoms with E-state index in [0.717, 1.165) is 11.3 Å². The molecule has 0 radical (unpaired) electrons. The Hall–Kier alpha value is -1.02. The second kappa shape index (κ2) is 5.76. The van der Waals surface area contributed by atoms with Crippen molar-refractivity contribution in [2.24, 2.45) is 5.73 Å². The summed E-state index contributed by atoms with van der Waals surface area (Å²) in [4.78, 5) is 0. The SMILES string of the molecule is CCC(CC)c1ccc(OC)c(CN)c1. The van der Waals surface area contributed by atoms with E-state index in [-0.39, 0.29) is 0 Å². The molecule has 1 aromatic rings. The molecule has 0 bridgehead atoms. The number of methoxy groups -OCH3 is 1. The van der Waals surface area contributed by atoms with Crippen LogP contribution in [0, 0.1) is 0 Å². The van der Waals surface area contributed by atoms with Crippen molar-refractivity contribution in [3.05, 3.63) is 29.3 Å². The summed E-state index contributed by atoms with van der Waals surface area (Å²) >= 11 is 0. The average molecular weight is 207 g/mol. The number of nitrogens with two attached hydrogens (primary N) is 1. The van der Waals surface area contributed by atoms with Gasteiger partial charge in [0.25, 0.3) is 0 Å². The summed E-state index contributed by atoms with van der Waals surface area (Å²) in [6, 6.07) is 6.35. The highest BCUT2D eigenvalue weighted by Crippen LogP contribution is 2.27. The number of hydrogen-bond donors (Lipinski definition) is 1. The third-order valence-corrected chi connectivity index (χ3v) is 2.98. The van der Waals surface area contributed by atoms with E-state index in [1.807, 2.05) is 6.07 Å². The summed E-state index contributed by atoms with van der Waals surface area (Å²) in [5, 5.41) is 0. The zero-order chi connectivity index (χ0) is 11.3. The maximum Gasteiger partial charge on any atom is 0.123 e. The van der Waals surface area contributed by atoms with E-state index in [2.05, 4.69) is 26.0 Å². The third kappa shape index (κ3) is 2.72. The van der Waals surface area contributed by atoms with Gasteiger partial charge in [0.2, 0.25) is 0 Å². The number of ether oxygens (including phenoxy) is 1. The first kappa shape index (κ1) is 12.1. The summed E-state index contributed by atoms with van der Waals surface area (Å²) < 4.78 is 5.26. The monoisotopic (exact) mass is 207 g/mol. The molecule has 2 N–H and O–H groups in total. The van der Waals surface area contributed by atoms with Gasteiger partial charge in [0.05, 0.1) is 7.11 Å². The van der Waals surface area contributed by atoms with Crippen molar-refractivity contribution >= 4 is 0 Å². The molecular formula is C13H21NO. The second-order valence-electron chi connectivity index (χ2n) is 3.79. The van der Waals surface area contributed by atoms with Crippen LogP contribution in [0.15, 0.2) is 18.2 Å². The van der Waals surface area contributed by atoms with Crippen LogP contribution in [0.1, 0.15) is 43.7 Å². The van der Waals surface area contributed by atoms with Crippen LogP contribution in [-0.4, -0.2) is 7.11 Å². The zero-order valence-corrected chi connectivity index (χ0v) is 9.92. The second-order valence-corrected chi connectivity index (χ2v) is 3.79. The lowest BCUT2D eigenvalue weighted by Crippen LogP contribution is -2.03. The van der Waals surface area contributed by atoms with E-state index in [1.165, 1.54) is 18.4 Å². The molecule has 0 atom stereocenters. The maximum atomic E-state index is 5.70. The molecule has 15 heavy (non-hydrogen) atoms. The van der Waals surface area contributed by atoms with Crippen LogP contribution >= 0.6 is 0 Å². The van der Waals surface area contributed by atoms with Gasteiger partial charge in [-0.3, -0.25) is 0 Å². The van der Waals surface area contributed by atoms with Gasteiger partial charge in [-0.1, -0.05) is 26.0 Å². The van der Waals surface area contributed by atoms with Crippen LogP contribution in [0.3, 0.4) is 0 Å². The van der Waals surface area contributed by atoms with E-state index in [0.29, 0.717) is 12.5 Å². The molecule has 0 spiro atoms. The molecule has 0 fully saturated rings. The summed E-state index contributed by atoms with van der Waals surface area (Å²) in [6.45, 7) is 4.98. The Morgan fingerprint density at radius 3 is 2.40 bits per heavy atom. The smallest absolute Gasteiger partial charge is 0.123 e. The molecule has 0 saturated heterocycles. The minimum absolute atomic E-state index is 0.539. The Balaban J connectivity index is 3.01. The Morgan fingerprint density at radius 2 is 1.93 bits per heavy atom. The normalized spacial score (nSPS) is 10.7. The van der Waals surface area contributed by atoms with Crippen LogP contribution in [-0.2, 0) is 6.54 Å². The van der Waals surface area contributed by atoms with Gasteiger partial charge in [-0.25, -0.2) is 0 Å². The molecule has 1 aromatic carbocycles. The van der Waals surface area contributed by atoms with Gasteiger partial charge in [-0.05, 0) is 30.4 Å². The molecule has 0 aromatic heterocycles. The molecule has 2 heteroatoms. The van der Waals surface area contributed by atoms with Crippen molar-refractivity contribution in [2.45, 2.75) is 39.2 Å². The minimum Gasteiger partial charge on any atom is -0.496 e. The number of benzene rings is 1. The largest absolute Gasteiger partial charge is 0.496 e. The Bertz CT molecular complexity index is 305. The Kier molecular flexibility index (Phi) is 4.63. The predicted octanol–water partition coefficient (Wildman–Crippen LogP) is 3.06. The van der Waals surface area contributed by atoms with Crippen molar-refractivity contribution < 1.29 is 4.74 Å². The highest BCUT2D eigenvalue weighted by molar-refractivity contribution is 5.38. The first-order chi connectivity index (χ1) is 7.26. The van der Waals surface area contributed by atoms with E-state index >= 15 is 0 Å². The Morgan fingerprint density at radius 1 is 1.27 bits per heavy atom. The van der Waals surface area contributed by atoms with Gasteiger partial charge >= 0.3 is 0 Å². The van der Waals surface area contributed by atoms with Crippen LogP contribution in [0.2, 0.25) is 0 Å². The molecule has 0 unspecified atom stereocenters. The maximum absolute atomic E-state index is 5.70. The lowest BCUT2D eigenvalue weighted by molar-refractivity contribution is 0.409. The fourth-order valence-electron chi connectivity index (χ4n) is 1.97. The van der Waals surface area contributed by atoms with Crippen LogP contribution in [0.4, 0.5) is 0 Å². The van der Waals surface area contributed by atoms with Crippen molar-refractivity contribution in [1.29, 1.82) is 0 Å². The van der Waals surface area contributed by atoms with Crippen LogP contribution < -0.4 is 10.5 Å². The fraction of sp³-hybridized carbons (Fsp3) is 0.538. The third-order valence-electron chi connectivity index (χ3n) is 2.98. The van der Waals surface area contributed by atoms with Crippen molar-refractivity contribution in [3.63, 3.8) is 0 Å². The molecule has 0 aliphatic rings. The number of rotatable bonds is 5. The number of hydrogen-bond acceptors (Lipinski definition) is 2. The van der Waals surface area contributed by atoms with Gasteiger partial charge in [0.1, 0.15) is 5.75 Å². The molecule has 84 valence electrons. The van der Waals surface area contributed by atoms with Gasteiger partial charge in [0, 0.05) is 12.1 Å². The lowest BCUT2D eigenvalue weighted by Gasteiger charge is -2.15. The molecule has 1 rings (SSSR count). The first-order valence-corrected chi connectivity index (χ1v) is 5.63. The lowest BCUT2D eigenvalue weighted by atomic mass is 9.92. The average Bonchev–Trinajstić information content (AvgIpc) is 2.30. The quantitative estimate of drug-likeness (QED) is 0.805. The summed E-state index contributed by atoms with van der Waals surface area (Å²) in [6.07, 6.45) is 2.35. The molecule has 2 nitrogen and oxygen atoms in total. The molecule has 0 amide bonds. The first-order valence-electron chi connectivity index (χ1n) is 5.63. The van der Waals surface area contributed by atoms with E-state index < -0.39 is 0 Å². The standard InChI is InChI=1S/C13H21NO/c1-4-10(5-2)11-6-7-13(15-3)12(8-11)9-14/h6-8,10H,4-5,9,14H2,1-3H3. The summed E-state index contributed by atoms with van der Waals surface area (Å²) in [5.41, 5.74) is 8.17. The molecular weight excluding hydrogens is 186 g/mol. The summed E-state index contributed by atoms with van der Waals surface area (Å²) in [5.74, 6) is 1.54. The van der Waals surface area contributed by atoms with Gasteiger partial charge in [-0.2, -0.15) is 0 Å². The fourth-order valence-corrected chi connectivity index (χ4v) is 1.97. The predicted molar refractivity (Wildman–Crippen MR) is 64.2 cm³/mol. The van der Waals surface area contributed by atoms with Crippen molar-refractivity contribution in [2.75, 3.05) is 7.11 Å². The van der Waals surface area contributed by atoms with Gasteiger partial charge in [-0.15, -0.1) is 0 Å². The van der Waals surface area contributed by atoms with E-state index in [9.17, 15) is 0 Å². The van der Waals surface area contributed by atoms with Gasteiger partial charge in [0.15, 0.2) is 0 Å². The summed E-state index contributed by atoms with van der Waals surface area (Å²) in [7, 11) is 1.69. The van der Waals surface area contributed by atoms with Gasteiger partial charge < -0.3 is 10.5 Å².